The van der Waals surface area contributed by atoms with Gasteiger partial charge in [0.25, 0.3) is 0 Å². The number of benzene rings is 2. The van der Waals surface area contributed by atoms with Crippen LogP contribution in [0.2, 0.25) is 0 Å². The van der Waals surface area contributed by atoms with E-state index < -0.39 is 0 Å². The van der Waals surface area contributed by atoms with E-state index in [0.717, 1.165) is 57.4 Å². The Labute approximate surface area is 183 Å². The minimum atomic E-state index is 0. The summed E-state index contributed by atoms with van der Waals surface area (Å²) in [6, 6.07) is 17.0. The Morgan fingerprint density at radius 3 is 2.07 bits per heavy atom. The molecule has 1 amide bonds. The van der Waals surface area contributed by atoms with Crippen molar-refractivity contribution >= 4 is 41.5 Å². The summed E-state index contributed by atoms with van der Waals surface area (Å²) in [5, 5.41) is 3.51. The second-order valence-electron chi connectivity index (χ2n) is 8.08. The number of halogens is 1. The van der Waals surface area contributed by atoms with Crippen molar-refractivity contribution in [1.82, 2.24) is 10.2 Å². The standard InChI is InChI=1S/C23H27N3OS.ClH/c27-23(25-12-9-17-15-24-16-18(17)10-13-25)11-14-26-19-5-1-3-7-21(19)28-22-8-4-2-6-20(22)26;/h1-8,17-18,24H,9-16H2;1H/t17-,18+;. The SMILES string of the molecule is Cl.O=C(CCN1c2ccccc2Sc2ccccc21)N1CC[C@@H]2CNC[C@@H]2CC1. The van der Waals surface area contributed by atoms with Gasteiger partial charge < -0.3 is 15.1 Å². The number of hydrogen-bond acceptors (Lipinski definition) is 4. The zero-order valence-electron chi connectivity index (χ0n) is 16.5. The topological polar surface area (TPSA) is 35.6 Å². The highest BCUT2D eigenvalue weighted by Crippen LogP contribution is 2.47. The van der Waals surface area contributed by atoms with Crippen molar-refractivity contribution < 1.29 is 4.79 Å². The van der Waals surface area contributed by atoms with Gasteiger partial charge in [-0.15, -0.1) is 12.4 Å². The molecule has 6 heteroatoms. The molecule has 3 aliphatic heterocycles. The van der Waals surface area contributed by atoms with Crippen LogP contribution >= 0.6 is 24.2 Å². The summed E-state index contributed by atoms with van der Waals surface area (Å²) in [6.07, 6.45) is 2.87. The van der Waals surface area contributed by atoms with Crippen LogP contribution in [0.15, 0.2) is 58.3 Å². The number of amides is 1. The van der Waals surface area contributed by atoms with Gasteiger partial charge in [0.2, 0.25) is 5.91 Å². The molecule has 2 fully saturated rings. The second-order valence-corrected chi connectivity index (χ2v) is 9.16. The molecule has 0 aliphatic carbocycles. The maximum atomic E-state index is 13.0. The minimum Gasteiger partial charge on any atom is -0.343 e. The number of likely N-dealkylation sites (tertiary alicyclic amines) is 1. The number of carbonyl (C=O) groups excluding carboxylic acids is 1. The molecule has 4 nitrogen and oxygen atoms in total. The van der Waals surface area contributed by atoms with E-state index in [9.17, 15) is 4.79 Å². The first kappa shape index (κ1) is 20.6. The lowest BCUT2D eigenvalue weighted by atomic mass is 9.92. The third kappa shape index (κ3) is 4.14. The Morgan fingerprint density at radius 1 is 0.931 bits per heavy atom. The summed E-state index contributed by atoms with van der Waals surface area (Å²) >= 11 is 1.82. The van der Waals surface area contributed by atoms with Gasteiger partial charge in [-0.05, 0) is 62.0 Å². The molecule has 0 aromatic heterocycles. The van der Waals surface area contributed by atoms with Crippen LogP contribution in [0, 0.1) is 11.8 Å². The Balaban J connectivity index is 0.00000205. The Kier molecular flexibility index (Phi) is 6.38. The van der Waals surface area contributed by atoms with E-state index in [-0.39, 0.29) is 12.4 Å². The van der Waals surface area contributed by atoms with Crippen LogP contribution in [0.5, 0.6) is 0 Å². The molecule has 2 aromatic carbocycles. The highest BCUT2D eigenvalue weighted by molar-refractivity contribution is 7.99. The van der Waals surface area contributed by atoms with Gasteiger partial charge in [-0.25, -0.2) is 0 Å². The van der Waals surface area contributed by atoms with Crippen molar-refractivity contribution in [3.8, 4) is 0 Å². The zero-order chi connectivity index (χ0) is 18.9. The smallest absolute Gasteiger partial charge is 0.224 e. The van der Waals surface area contributed by atoms with Gasteiger partial charge in [-0.2, -0.15) is 0 Å². The average molecular weight is 430 g/mol. The molecule has 0 saturated carbocycles. The fourth-order valence-electron chi connectivity index (χ4n) is 4.86. The number of rotatable bonds is 3. The van der Waals surface area contributed by atoms with Crippen LogP contribution in [0.4, 0.5) is 11.4 Å². The van der Waals surface area contributed by atoms with Gasteiger partial charge in [0.1, 0.15) is 0 Å². The summed E-state index contributed by atoms with van der Waals surface area (Å²) in [7, 11) is 0. The molecule has 1 N–H and O–H groups in total. The summed E-state index contributed by atoms with van der Waals surface area (Å²) in [5.74, 6) is 1.83. The Hall–Kier alpha value is -1.69. The molecule has 0 spiro atoms. The first-order valence-corrected chi connectivity index (χ1v) is 11.2. The van der Waals surface area contributed by atoms with E-state index in [4.69, 9.17) is 0 Å². The summed E-state index contributed by atoms with van der Waals surface area (Å²) in [4.78, 5) is 20.0. The van der Waals surface area contributed by atoms with Crippen LogP contribution in [0.1, 0.15) is 19.3 Å². The fraction of sp³-hybridized carbons (Fsp3) is 0.435. The van der Waals surface area contributed by atoms with E-state index in [2.05, 4.69) is 63.6 Å². The first-order valence-electron chi connectivity index (χ1n) is 10.4. The predicted octanol–water partition coefficient (Wildman–Crippen LogP) is 4.56. The minimum absolute atomic E-state index is 0. The number of carbonyl (C=O) groups is 1. The highest BCUT2D eigenvalue weighted by atomic mass is 35.5. The molecule has 29 heavy (non-hydrogen) atoms. The van der Waals surface area contributed by atoms with Crippen LogP contribution < -0.4 is 10.2 Å². The zero-order valence-corrected chi connectivity index (χ0v) is 18.2. The van der Waals surface area contributed by atoms with Crippen molar-refractivity contribution in [1.29, 1.82) is 0 Å². The molecule has 3 aliphatic rings. The van der Waals surface area contributed by atoms with E-state index in [1.54, 1.807) is 0 Å². The molecule has 2 atom stereocenters. The van der Waals surface area contributed by atoms with Gasteiger partial charge in [0, 0.05) is 35.8 Å². The first-order chi connectivity index (χ1) is 13.8. The molecule has 0 unspecified atom stereocenters. The van der Waals surface area contributed by atoms with Crippen molar-refractivity contribution in [3.63, 3.8) is 0 Å². The van der Waals surface area contributed by atoms with Gasteiger partial charge in [-0.1, -0.05) is 36.0 Å². The Bertz CT molecular complexity index is 817. The molecule has 2 saturated heterocycles. The normalized spacial score (nSPS) is 22.8. The van der Waals surface area contributed by atoms with Crippen LogP contribution in [0.25, 0.3) is 0 Å². The van der Waals surface area contributed by atoms with Crippen LogP contribution in [-0.4, -0.2) is 43.5 Å². The predicted molar refractivity (Wildman–Crippen MR) is 122 cm³/mol. The van der Waals surface area contributed by atoms with Crippen molar-refractivity contribution in [2.24, 2.45) is 11.8 Å². The van der Waals surface area contributed by atoms with Crippen molar-refractivity contribution in [2.75, 3.05) is 37.6 Å². The third-order valence-electron chi connectivity index (χ3n) is 6.45. The van der Waals surface area contributed by atoms with Crippen molar-refractivity contribution in [3.05, 3.63) is 48.5 Å². The molecule has 0 radical (unpaired) electrons. The van der Waals surface area contributed by atoms with Crippen LogP contribution in [0.3, 0.4) is 0 Å². The molecule has 154 valence electrons. The summed E-state index contributed by atoms with van der Waals surface area (Å²) in [6.45, 7) is 4.84. The molecule has 2 aromatic rings. The molecule has 0 bridgehead atoms. The Morgan fingerprint density at radius 2 is 1.48 bits per heavy atom. The summed E-state index contributed by atoms with van der Waals surface area (Å²) < 4.78 is 0. The molecular weight excluding hydrogens is 402 g/mol. The van der Waals surface area contributed by atoms with Gasteiger partial charge in [-0.3, -0.25) is 4.79 Å². The number of nitrogens with one attached hydrogen (secondary N) is 1. The quantitative estimate of drug-likeness (QED) is 0.775. The van der Waals surface area contributed by atoms with Gasteiger partial charge in [0.15, 0.2) is 0 Å². The maximum Gasteiger partial charge on any atom is 0.224 e. The maximum absolute atomic E-state index is 13.0. The lowest BCUT2D eigenvalue weighted by Crippen LogP contribution is -2.35. The summed E-state index contributed by atoms with van der Waals surface area (Å²) in [5.41, 5.74) is 2.44. The molecular formula is C23H28ClN3OS. The number of anilines is 2. The fourth-order valence-corrected chi connectivity index (χ4v) is 5.95. The monoisotopic (exact) mass is 429 g/mol. The van der Waals surface area contributed by atoms with E-state index in [0.29, 0.717) is 12.3 Å². The number of nitrogens with zero attached hydrogens (tertiary/aromatic N) is 2. The number of para-hydroxylation sites is 2. The molecule has 5 rings (SSSR count). The molecule has 3 heterocycles. The van der Waals surface area contributed by atoms with E-state index in [1.807, 2.05) is 11.8 Å². The number of hydrogen-bond donors (Lipinski definition) is 1. The van der Waals surface area contributed by atoms with Crippen LogP contribution in [-0.2, 0) is 4.79 Å². The third-order valence-corrected chi connectivity index (χ3v) is 7.58. The highest BCUT2D eigenvalue weighted by Gasteiger charge is 2.31. The lowest BCUT2D eigenvalue weighted by molar-refractivity contribution is -0.131. The largest absolute Gasteiger partial charge is 0.343 e. The van der Waals surface area contributed by atoms with Gasteiger partial charge >= 0.3 is 0 Å². The van der Waals surface area contributed by atoms with Crippen molar-refractivity contribution in [2.45, 2.75) is 29.1 Å². The van der Waals surface area contributed by atoms with E-state index >= 15 is 0 Å². The van der Waals surface area contributed by atoms with Gasteiger partial charge in [0.05, 0.1) is 11.4 Å². The number of fused-ring (bicyclic) bond motifs is 3. The second kappa shape index (κ2) is 8.99. The average Bonchev–Trinajstić information content (AvgIpc) is 3.09. The van der Waals surface area contributed by atoms with E-state index in [1.165, 1.54) is 21.2 Å². The lowest BCUT2D eigenvalue weighted by Gasteiger charge is -2.33.